The second-order valence-electron chi connectivity index (χ2n) is 13.9. The third-order valence-corrected chi connectivity index (χ3v) is 10.8. The van der Waals surface area contributed by atoms with E-state index in [1.165, 1.54) is 33.0 Å². The molecule has 0 fully saturated rings. The first-order chi connectivity index (χ1) is 23.1. The highest BCUT2D eigenvalue weighted by molar-refractivity contribution is 6.35. The number of para-hydroxylation sites is 1. The Kier molecular flexibility index (Phi) is 7.97. The molecule has 2 aliphatic carbocycles. The van der Waals surface area contributed by atoms with Crippen molar-refractivity contribution in [1.82, 2.24) is 0 Å². The summed E-state index contributed by atoms with van der Waals surface area (Å²) in [6.07, 6.45) is 13.7. The SMILES string of the molecule is CCCC(=N)CCC1CCc2c(ccc3c4c(ccc23)C=CC(C)C4)C1C1N=CC(OCc2ccccc2)=C2C1=Nc1ccccc12. The molecule has 1 N–H and O–H groups in total. The van der Waals surface area contributed by atoms with Gasteiger partial charge >= 0.3 is 0 Å². The average Bonchev–Trinajstić information content (AvgIpc) is 3.50. The van der Waals surface area contributed by atoms with Crippen LogP contribution in [-0.4, -0.2) is 23.7 Å². The Morgan fingerprint density at radius 1 is 0.915 bits per heavy atom. The zero-order valence-corrected chi connectivity index (χ0v) is 27.5. The lowest BCUT2D eigenvalue weighted by molar-refractivity contribution is 0.220. The number of rotatable bonds is 9. The Labute approximate surface area is 278 Å². The number of aliphatic imine (C=N–C) groups is 2. The number of allylic oxidation sites excluding steroid dienone is 2. The van der Waals surface area contributed by atoms with Gasteiger partial charge in [0.15, 0.2) is 0 Å². The molecule has 4 unspecified atom stereocenters. The molecule has 0 saturated carbocycles. The van der Waals surface area contributed by atoms with Crippen LogP contribution in [0.3, 0.4) is 0 Å². The van der Waals surface area contributed by atoms with E-state index in [-0.39, 0.29) is 12.0 Å². The maximum absolute atomic E-state index is 8.64. The van der Waals surface area contributed by atoms with E-state index in [9.17, 15) is 0 Å². The molecule has 8 rings (SSSR count). The Morgan fingerprint density at radius 2 is 1.72 bits per heavy atom. The lowest BCUT2D eigenvalue weighted by Crippen LogP contribution is -2.37. The van der Waals surface area contributed by atoms with Gasteiger partial charge in [-0.05, 0) is 95.0 Å². The van der Waals surface area contributed by atoms with Crippen LogP contribution in [-0.2, 0) is 24.2 Å². The van der Waals surface area contributed by atoms with Gasteiger partial charge in [0, 0.05) is 17.2 Å². The van der Waals surface area contributed by atoms with E-state index in [1.54, 1.807) is 0 Å². The summed E-state index contributed by atoms with van der Waals surface area (Å²) in [4.78, 5) is 10.7. The van der Waals surface area contributed by atoms with Crippen molar-refractivity contribution in [2.75, 3.05) is 0 Å². The standard InChI is InChI=1S/C43H43N3O/c1-3-9-31(44)19-16-30-18-21-33-32-20-17-29-15-14-27(2)24-37(29)34(32)22-23-35(33)40(30)42-43-41(36-12-7-8-13-38(36)46-43)39(25-45-42)47-26-28-10-5-4-6-11-28/h4-8,10-15,17,20,22-23,25,27,30,40,42,44H,3,9,16,18-19,21,24,26H2,1-2H3. The smallest absolute Gasteiger partial charge is 0.147 e. The first-order valence-electron chi connectivity index (χ1n) is 17.5. The molecule has 2 heterocycles. The van der Waals surface area contributed by atoms with Crippen LogP contribution in [0.2, 0.25) is 0 Å². The van der Waals surface area contributed by atoms with Crippen molar-refractivity contribution >= 4 is 45.7 Å². The first-order valence-corrected chi connectivity index (χ1v) is 17.5. The predicted molar refractivity (Wildman–Crippen MR) is 196 cm³/mol. The zero-order valence-electron chi connectivity index (χ0n) is 27.5. The van der Waals surface area contributed by atoms with Crippen molar-refractivity contribution < 1.29 is 4.74 Å². The van der Waals surface area contributed by atoms with Gasteiger partial charge < -0.3 is 10.1 Å². The van der Waals surface area contributed by atoms with Crippen LogP contribution in [0.15, 0.2) is 101 Å². The molecule has 0 amide bonds. The minimum Gasteiger partial charge on any atom is -0.487 e. The van der Waals surface area contributed by atoms with Gasteiger partial charge in [0.05, 0.1) is 29.2 Å². The minimum atomic E-state index is -0.107. The van der Waals surface area contributed by atoms with E-state index in [0.717, 1.165) is 84.5 Å². The molecule has 4 aliphatic rings. The second-order valence-corrected chi connectivity index (χ2v) is 13.9. The molecule has 4 aromatic rings. The molecular formula is C43H43N3O. The van der Waals surface area contributed by atoms with Crippen molar-refractivity contribution in [2.24, 2.45) is 21.8 Å². The van der Waals surface area contributed by atoms with Crippen LogP contribution in [0.5, 0.6) is 0 Å². The quantitative estimate of drug-likeness (QED) is 0.187. The number of dihydropyridines is 1. The van der Waals surface area contributed by atoms with E-state index < -0.39 is 0 Å². The number of hydrogen-bond acceptors (Lipinski definition) is 4. The summed E-state index contributed by atoms with van der Waals surface area (Å²) in [5.41, 5.74) is 12.0. The largest absolute Gasteiger partial charge is 0.487 e. The Bertz CT molecular complexity index is 1980. The normalized spacial score (nSPS) is 22.4. The molecular weight excluding hydrogens is 574 g/mol. The van der Waals surface area contributed by atoms with Gasteiger partial charge in [0.1, 0.15) is 12.4 Å². The van der Waals surface area contributed by atoms with Gasteiger partial charge in [-0.25, -0.2) is 4.99 Å². The van der Waals surface area contributed by atoms with Crippen LogP contribution >= 0.6 is 0 Å². The van der Waals surface area contributed by atoms with E-state index in [4.69, 9.17) is 20.1 Å². The molecule has 0 saturated heterocycles. The number of fused-ring (bicyclic) bond motifs is 8. The average molecular weight is 618 g/mol. The van der Waals surface area contributed by atoms with Crippen LogP contribution in [0.25, 0.3) is 22.4 Å². The monoisotopic (exact) mass is 617 g/mol. The molecule has 4 heteroatoms. The Morgan fingerprint density at radius 3 is 2.60 bits per heavy atom. The minimum absolute atomic E-state index is 0.107. The molecule has 47 heavy (non-hydrogen) atoms. The van der Waals surface area contributed by atoms with Crippen molar-refractivity contribution in [1.29, 1.82) is 5.41 Å². The Balaban J connectivity index is 1.22. The summed E-state index contributed by atoms with van der Waals surface area (Å²) < 4.78 is 6.51. The van der Waals surface area contributed by atoms with E-state index in [0.29, 0.717) is 18.4 Å². The summed E-state index contributed by atoms with van der Waals surface area (Å²) in [5, 5.41) is 11.5. The highest BCUT2D eigenvalue weighted by atomic mass is 16.5. The number of hydrogen-bond donors (Lipinski definition) is 1. The molecule has 2 aliphatic heterocycles. The number of aryl methyl sites for hydroxylation is 1. The third kappa shape index (κ3) is 5.48. The molecule has 236 valence electrons. The van der Waals surface area contributed by atoms with Crippen molar-refractivity contribution in [3.05, 3.63) is 124 Å². The van der Waals surface area contributed by atoms with Crippen molar-refractivity contribution in [3.63, 3.8) is 0 Å². The maximum Gasteiger partial charge on any atom is 0.147 e. The van der Waals surface area contributed by atoms with Crippen LogP contribution in [0, 0.1) is 17.2 Å². The highest BCUT2D eigenvalue weighted by Gasteiger charge is 2.43. The van der Waals surface area contributed by atoms with Crippen LogP contribution in [0.4, 0.5) is 5.69 Å². The van der Waals surface area contributed by atoms with Gasteiger partial charge in [-0.2, -0.15) is 0 Å². The number of ether oxygens (including phenoxy) is 1. The second kappa shape index (κ2) is 12.6. The van der Waals surface area contributed by atoms with Gasteiger partial charge in [-0.1, -0.05) is 105 Å². The molecule has 0 radical (unpaired) electrons. The topological polar surface area (TPSA) is 57.8 Å². The summed E-state index contributed by atoms with van der Waals surface area (Å²) >= 11 is 0. The van der Waals surface area contributed by atoms with E-state index in [2.05, 4.69) is 98.8 Å². The number of nitrogens with zero attached hydrogens (tertiary/aromatic N) is 2. The summed E-state index contributed by atoms with van der Waals surface area (Å²) in [7, 11) is 0. The molecule has 0 bridgehead atoms. The summed E-state index contributed by atoms with van der Waals surface area (Å²) in [6, 6.07) is 28.2. The third-order valence-electron chi connectivity index (χ3n) is 10.8. The molecule has 4 aromatic carbocycles. The lowest BCUT2D eigenvalue weighted by Gasteiger charge is -2.39. The first kappa shape index (κ1) is 29.8. The fourth-order valence-electron chi connectivity index (χ4n) is 8.47. The molecule has 4 atom stereocenters. The molecule has 0 aromatic heterocycles. The fourth-order valence-corrected chi connectivity index (χ4v) is 8.47. The van der Waals surface area contributed by atoms with Gasteiger partial charge in [-0.3, -0.25) is 4.99 Å². The summed E-state index contributed by atoms with van der Waals surface area (Å²) in [5.74, 6) is 1.96. The van der Waals surface area contributed by atoms with Crippen LogP contribution in [0.1, 0.15) is 85.3 Å². The molecule has 4 nitrogen and oxygen atoms in total. The van der Waals surface area contributed by atoms with E-state index in [1.807, 2.05) is 12.3 Å². The summed E-state index contributed by atoms with van der Waals surface area (Å²) in [6.45, 7) is 4.98. The lowest BCUT2D eigenvalue weighted by atomic mass is 9.67. The number of nitrogens with one attached hydrogen (secondary N) is 1. The highest BCUT2D eigenvalue weighted by Crippen LogP contribution is 2.49. The maximum atomic E-state index is 8.64. The predicted octanol–water partition coefficient (Wildman–Crippen LogP) is 10.5. The van der Waals surface area contributed by atoms with Gasteiger partial charge in [0.25, 0.3) is 0 Å². The van der Waals surface area contributed by atoms with E-state index >= 15 is 0 Å². The van der Waals surface area contributed by atoms with Gasteiger partial charge in [0.2, 0.25) is 0 Å². The fraction of sp³-hybridized carbons (Fsp3) is 0.326. The van der Waals surface area contributed by atoms with Crippen molar-refractivity contribution in [3.8, 4) is 0 Å². The Hall–Kier alpha value is -4.57. The van der Waals surface area contributed by atoms with Gasteiger partial charge in [-0.15, -0.1) is 0 Å². The van der Waals surface area contributed by atoms with Crippen LogP contribution < -0.4 is 0 Å². The molecule has 0 spiro atoms. The zero-order chi connectivity index (χ0) is 31.9. The van der Waals surface area contributed by atoms with Crippen molar-refractivity contribution in [2.45, 2.75) is 77.4 Å². The number of benzene rings is 4.